The van der Waals surface area contributed by atoms with E-state index in [-0.39, 0.29) is 6.42 Å². The van der Waals surface area contributed by atoms with E-state index in [0.717, 1.165) is 15.6 Å². The Hall–Kier alpha value is -0.830. The summed E-state index contributed by atoms with van der Waals surface area (Å²) in [5.74, 6) is -0.801. The Morgan fingerprint density at radius 3 is 2.75 bits per heavy atom. The summed E-state index contributed by atoms with van der Waals surface area (Å²) in [4.78, 5) is 10.5. The van der Waals surface area contributed by atoms with Gasteiger partial charge in [-0.05, 0) is 24.1 Å². The monoisotopic (exact) mass is 228 g/mol. The van der Waals surface area contributed by atoms with Crippen molar-refractivity contribution < 1.29 is 9.90 Å². The summed E-state index contributed by atoms with van der Waals surface area (Å²) in [6.45, 7) is 1.91. The topological polar surface area (TPSA) is 37.3 Å². The molecular weight excluding hydrogens is 220 g/mol. The zero-order valence-electron chi connectivity index (χ0n) is 6.67. The van der Waals surface area contributed by atoms with Crippen molar-refractivity contribution in [2.75, 3.05) is 0 Å². The van der Waals surface area contributed by atoms with E-state index < -0.39 is 5.97 Å². The van der Waals surface area contributed by atoms with Gasteiger partial charge >= 0.3 is 5.97 Å². The van der Waals surface area contributed by atoms with E-state index in [2.05, 4.69) is 15.9 Å². The van der Waals surface area contributed by atoms with Crippen LogP contribution in [0.2, 0.25) is 0 Å². The first-order valence-corrected chi connectivity index (χ1v) is 4.36. The van der Waals surface area contributed by atoms with Gasteiger partial charge in [0.15, 0.2) is 0 Å². The average Bonchev–Trinajstić information content (AvgIpc) is 1.97. The van der Waals surface area contributed by atoms with Crippen LogP contribution in [-0.2, 0) is 11.2 Å². The van der Waals surface area contributed by atoms with E-state index in [9.17, 15) is 4.79 Å². The Balaban J connectivity index is 3.04. The number of halogens is 1. The van der Waals surface area contributed by atoms with Crippen molar-refractivity contribution >= 4 is 21.9 Å². The summed E-state index contributed by atoms with van der Waals surface area (Å²) in [5, 5.41) is 8.59. The number of hydrogen-bond donors (Lipinski definition) is 1. The predicted molar refractivity (Wildman–Crippen MR) is 50.2 cm³/mol. The fourth-order valence-corrected chi connectivity index (χ4v) is 1.65. The molecule has 0 fully saturated rings. The molecular formula is C9H9BrO2. The zero-order valence-corrected chi connectivity index (χ0v) is 8.26. The van der Waals surface area contributed by atoms with E-state index >= 15 is 0 Å². The highest BCUT2D eigenvalue weighted by atomic mass is 79.9. The van der Waals surface area contributed by atoms with Gasteiger partial charge in [-0.1, -0.05) is 28.1 Å². The predicted octanol–water partition coefficient (Wildman–Crippen LogP) is 2.38. The van der Waals surface area contributed by atoms with Crippen LogP contribution in [0.1, 0.15) is 11.1 Å². The van der Waals surface area contributed by atoms with Crippen LogP contribution in [0.15, 0.2) is 22.7 Å². The minimum absolute atomic E-state index is 0.0766. The minimum atomic E-state index is -0.801. The van der Waals surface area contributed by atoms with Crippen LogP contribution in [0.25, 0.3) is 0 Å². The number of carboxylic acid groups (broad SMARTS) is 1. The molecule has 0 atom stereocenters. The molecule has 0 saturated heterocycles. The fourth-order valence-electron chi connectivity index (χ4n) is 1.04. The lowest BCUT2D eigenvalue weighted by Crippen LogP contribution is -2.02. The molecule has 0 bridgehead atoms. The Kier molecular flexibility index (Phi) is 2.87. The molecule has 0 saturated carbocycles. The quantitative estimate of drug-likeness (QED) is 0.845. The van der Waals surface area contributed by atoms with E-state index in [1.165, 1.54) is 0 Å². The summed E-state index contributed by atoms with van der Waals surface area (Å²) >= 11 is 3.31. The van der Waals surface area contributed by atoms with Crippen LogP contribution >= 0.6 is 15.9 Å². The van der Waals surface area contributed by atoms with Crippen LogP contribution in [0.4, 0.5) is 0 Å². The molecule has 64 valence electrons. The molecule has 0 spiro atoms. The van der Waals surface area contributed by atoms with Crippen LogP contribution in [-0.4, -0.2) is 11.1 Å². The first kappa shape index (κ1) is 9.26. The molecule has 0 aliphatic rings. The summed E-state index contributed by atoms with van der Waals surface area (Å²) in [6.07, 6.45) is 0.0766. The van der Waals surface area contributed by atoms with Crippen molar-refractivity contribution in [3.8, 4) is 0 Å². The third-order valence-corrected chi connectivity index (χ3v) is 2.42. The molecule has 1 aromatic carbocycles. The molecule has 0 heterocycles. The normalized spacial score (nSPS) is 9.83. The molecule has 2 nitrogen and oxygen atoms in total. The molecule has 0 aliphatic heterocycles. The van der Waals surface area contributed by atoms with Crippen LogP contribution in [0.5, 0.6) is 0 Å². The smallest absolute Gasteiger partial charge is 0.307 e. The van der Waals surface area contributed by atoms with Gasteiger partial charge in [-0.15, -0.1) is 0 Å². The number of benzene rings is 1. The molecule has 0 aromatic heterocycles. The number of rotatable bonds is 2. The summed E-state index contributed by atoms with van der Waals surface area (Å²) in [7, 11) is 0. The van der Waals surface area contributed by atoms with Crippen molar-refractivity contribution in [1.82, 2.24) is 0 Å². The van der Waals surface area contributed by atoms with Crippen LogP contribution in [0.3, 0.4) is 0 Å². The minimum Gasteiger partial charge on any atom is -0.481 e. The van der Waals surface area contributed by atoms with Gasteiger partial charge in [0.1, 0.15) is 0 Å². The maximum absolute atomic E-state index is 10.5. The SMILES string of the molecule is Cc1cccc(Br)c1CC(=O)O. The molecule has 0 radical (unpaired) electrons. The Morgan fingerprint density at radius 1 is 1.58 bits per heavy atom. The molecule has 0 aliphatic carbocycles. The lowest BCUT2D eigenvalue weighted by Gasteiger charge is -2.04. The number of hydrogen-bond acceptors (Lipinski definition) is 1. The second kappa shape index (κ2) is 3.72. The standard InChI is InChI=1S/C9H9BrO2/c1-6-3-2-4-8(10)7(6)5-9(11)12/h2-4H,5H2,1H3,(H,11,12). The van der Waals surface area contributed by atoms with Gasteiger partial charge in [-0.2, -0.15) is 0 Å². The summed E-state index contributed by atoms with van der Waals surface area (Å²) in [6, 6.07) is 5.65. The largest absolute Gasteiger partial charge is 0.481 e. The number of aliphatic carboxylic acids is 1. The van der Waals surface area contributed by atoms with Gasteiger partial charge in [-0.3, -0.25) is 4.79 Å². The molecule has 1 N–H and O–H groups in total. The zero-order chi connectivity index (χ0) is 9.14. The molecule has 0 amide bonds. The second-order valence-corrected chi connectivity index (χ2v) is 3.46. The van der Waals surface area contributed by atoms with E-state index in [4.69, 9.17) is 5.11 Å². The molecule has 0 unspecified atom stereocenters. The lowest BCUT2D eigenvalue weighted by molar-refractivity contribution is -0.136. The maximum atomic E-state index is 10.5. The molecule has 1 rings (SSSR count). The molecule has 1 aromatic rings. The fraction of sp³-hybridized carbons (Fsp3) is 0.222. The second-order valence-electron chi connectivity index (χ2n) is 2.61. The molecule has 12 heavy (non-hydrogen) atoms. The van der Waals surface area contributed by atoms with Gasteiger partial charge in [-0.25, -0.2) is 0 Å². The average molecular weight is 229 g/mol. The number of aryl methyl sites for hydroxylation is 1. The van der Waals surface area contributed by atoms with Crippen LogP contribution in [0, 0.1) is 6.92 Å². The van der Waals surface area contributed by atoms with Gasteiger partial charge in [0.25, 0.3) is 0 Å². The van der Waals surface area contributed by atoms with E-state index in [1.54, 1.807) is 0 Å². The first-order chi connectivity index (χ1) is 5.61. The maximum Gasteiger partial charge on any atom is 0.307 e. The summed E-state index contributed by atoms with van der Waals surface area (Å²) in [5.41, 5.74) is 1.86. The van der Waals surface area contributed by atoms with Crippen molar-refractivity contribution in [3.63, 3.8) is 0 Å². The Morgan fingerprint density at radius 2 is 2.25 bits per heavy atom. The number of carbonyl (C=O) groups is 1. The molecule has 3 heteroatoms. The third kappa shape index (κ3) is 2.08. The number of carboxylic acids is 1. The van der Waals surface area contributed by atoms with Gasteiger partial charge in [0.2, 0.25) is 0 Å². The van der Waals surface area contributed by atoms with E-state index in [1.807, 2.05) is 25.1 Å². The van der Waals surface area contributed by atoms with E-state index in [0.29, 0.717) is 0 Å². The van der Waals surface area contributed by atoms with Gasteiger partial charge in [0, 0.05) is 4.47 Å². The Labute approximate surface area is 79.3 Å². The third-order valence-electron chi connectivity index (χ3n) is 1.68. The first-order valence-electron chi connectivity index (χ1n) is 3.57. The lowest BCUT2D eigenvalue weighted by atomic mass is 10.1. The van der Waals surface area contributed by atoms with Crippen molar-refractivity contribution in [3.05, 3.63) is 33.8 Å². The Bertz CT molecular complexity index is 287. The van der Waals surface area contributed by atoms with Crippen molar-refractivity contribution in [2.24, 2.45) is 0 Å². The summed E-state index contributed by atoms with van der Waals surface area (Å²) < 4.78 is 0.866. The van der Waals surface area contributed by atoms with Crippen molar-refractivity contribution in [1.29, 1.82) is 0 Å². The van der Waals surface area contributed by atoms with Crippen molar-refractivity contribution in [2.45, 2.75) is 13.3 Å². The highest BCUT2D eigenvalue weighted by Crippen LogP contribution is 2.20. The highest BCUT2D eigenvalue weighted by Gasteiger charge is 2.06. The highest BCUT2D eigenvalue weighted by molar-refractivity contribution is 9.10. The van der Waals surface area contributed by atoms with Crippen LogP contribution < -0.4 is 0 Å². The van der Waals surface area contributed by atoms with Gasteiger partial charge < -0.3 is 5.11 Å². The van der Waals surface area contributed by atoms with Gasteiger partial charge in [0.05, 0.1) is 6.42 Å².